The van der Waals surface area contributed by atoms with Gasteiger partial charge >= 0.3 is 0 Å². The quantitative estimate of drug-likeness (QED) is 0.714. The molecule has 0 radical (unpaired) electrons. The Morgan fingerprint density at radius 3 is 2.29 bits per heavy atom. The van der Waals surface area contributed by atoms with Gasteiger partial charge in [0.15, 0.2) is 0 Å². The lowest BCUT2D eigenvalue weighted by atomic mass is 10.0. The van der Waals surface area contributed by atoms with Gasteiger partial charge in [-0.05, 0) is 54.3 Å². The summed E-state index contributed by atoms with van der Waals surface area (Å²) < 4.78 is 7.04. The van der Waals surface area contributed by atoms with Gasteiger partial charge < -0.3 is 10.5 Å². The molecule has 21 heavy (non-hydrogen) atoms. The number of rotatable bonds is 4. The van der Waals surface area contributed by atoms with E-state index < -0.39 is 0 Å². The highest BCUT2D eigenvalue weighted by atomic mass is 79.9. The lowest BCUT2D eigenvalue weighted by Gasteiger charge is -2.16. The van der Waals surface area contributed by atoms with E-state index in [-0.39, 0.29) is 6.04 Å². The number of ether oxygens (including phenoxy) is 1. The summed E-state index contributed by atoms with van der Waals surface area (Å²) in [5.41, 5.74) is 7.99. The van der Waals surface area contributed by atoms with Crippen molar-refractivity contribution in [1.82, 2.24) is 0 Å². The van der Waals surface area contributed by atoms with Gasteiger partial charge in [-0.15, -0.1) is 0 Å². The molecule has 2 aromatic rings. The van der Waals surface area contributed by atoms with Crippen molar-refractivity contribution < 1.29 is 4.74 Å². The summed E-state index contributed by atoms with van der Waals surface area (Å²) in [7, 11) is 0. The zero-order valence-corrected chi connectivity index (χ0v) is 14.7. The van der Waals surface area contributed by atoms with Crippen LogP contribution < -0.4 is 10.5 Å². The van der Waals surface area contributed by atoms with Crippen molar-refractivity contribution in [3.8, 4) is 11.5 Å². The van der Waals surface area contributed by atoms with Crippen LogP contribution in [0.25, 0.3) is 0 Å². The summed E-state index contributed by atoms with van der Waals surface area (Å²) >= 11 is 9.79. The Balaban J connectivity index is 2.34. The Hall–Kier alpha value is -1.03. The topological polar surface area (TPSA) is 35.2 Å². The number of nitrogens with two attached hydrogens (primary N) is 1. The van der Waals surface area contributed by atoms with Crippen LogP contribution in [0.3, 0.4) is 0 Å². The Labute approximate surface area is 139 Å². The molecule has 0 aliphatic carbocycles. The molecule has 4 heteroatoms. The van der Waals surface area contributed by atoms with Crippen LogP contribution in [0.5, 0.6) is 11.5 Å². The van der Waals surface area contributed by atoms with Gasteiger partial charge in [0.1, 0.15) is 11.5 Å². The molecule has 0 heterocycles. The third kappa shape index (κ3) is 4.00. The highest BCUT2D eigenvalue weighted by Gasteiger charge is 2.12. The highest BCUT2D eigenvalue weighted by molar-refractivity contribution is 9.10. The lowest BCUT2D eigenvalue weighted by molar-refractivity contribution is 0.473. The van der Waals surface area contributed by atoms with Gasteiger partial charge in [0, 0.05) is 10.5 Å². The summed E-state index contributed by atoms with van der Waals surface area (Å²) in [5, 5.41) is 0.572. The second-order valence-electron chi connectivity index (χ2n) is 5.42. The average Bonchev–Trinajstić information content (AvgIpc) is 2.42. The van der Waals surface area contributed by atoms with E-state index in [1.54, 1.807) is 0 Å². The highest BCUT2D eigenvalue weighted by Crippen LogP contribution is 2.36. The van der Waals surface area contributed by atoms with Crippen molar-refractivity contribution in [3.05, 3.63) is 57.0 Å². The van der Waals surface area contributed by atoms with Crippen LogP contribution in [0.15, 0.2) is 40.9 Å². The molecule has 0 saturated carbocycles. The van der Waals surface area contributed by atoms with E-state index in [0.29, 0.717) is 16.7 Å². The zero-order valence-electron chi connectivity index (χ0n) is 12.4. The van der Waals surface area contributed by atoms with Crippen LogP contribution in [-0.2, 0) is 0 Å². The minimum Gasteiger partial charge on any atom is -0.456 e. The molecule has 0 saturated heterocycles. The molecule has 2 nitrogen and oxygen atoms in total. The predicted octanol–water partition coefficient (Wildman–Crippen LogP) is 6.04. The standard InChI is InChI=1S/C17H19BrClNO/c1-10(2)14-9-13(18)5-7-16(14)21-17-6-4-12(11(3)20)8-15(17)19/h4-11H,20H2,1-3H3/t11-/m0/s1. The molecule has 2 rings (SSSR count). The van der Waals surface area contributed by atoms with Crippen molar-refractivity contribution in [1.29, 1.82) is 0 Å². The Morgan fingerprint density at radius 2 is 1.71 bits per heavy atom. The van der Waals surface area contributed by atoms with Gasteiger partial charge in [0.25, 0.3) is 0 Å². The van der Waals surface area contributed by atoms with Crippen LogP contribution in [0, 0.1) is 0 Å². The maximum absolute atomic E-state index is 6.30. The first-order chi connectivity index (χ1) is 9.88. The fourth-order valence-electron chi connectivity index (χ4n) is 2.06. The van der Waals surface area contributed by atoms with E-state index in [1.807, 2.05) is 37.3 Å². The number of benzene rings is 2. The van der Waals surface area contributed by atoms with Crippen LogP contribution in [0.1, 0.15) is 43.9 Å². The van der Waals surface area contributed by atoms with Crippen LogP contribution in [0.2, 0.25) is 5.02 Å². The minimum absolute atomic E-state index is 0.0459. The molecule has 0 bridgehead atoms. The molecule has 0 amide bonds. The van der Waals surface area contributed by atoms with E-state index in [0.717, 1.165) is 21.3 Å². The van der Waals surface area contributed by atoms with Crippen LogP contribution in [-0.4, -0.2) is 0 Å². The fraction of sp³-hybridized carbons (Fsp3) is 0.294. The van der Waals surface area contributed by atoms with E-state index in [2.05, 4.69) is 35.8 Å². The fourth-order valence-corrected chi connectivity index (χ4v) is 2.67. The molecule has 2 N–H and O–H groups in total. The van der Waals surface area contributed by atoms with E-state index in [1.165, 1.54) is 0 Å². The number of hydrogen-bond donors (Lipinski definition) is 1. The first kappa shape index (κ1) is 16.3. The zero-order chi connectivity index (χ0) is 15.6. The predicted molar refractivity (Wildman–Crippen MR) is 92.4 cm³/mol. The summed E-state index contributed by atoms with van der Waals surface area (Å²) in [5.74, 6) is 1.83. The van der Waals surface area contributed by atoms with Crippen molar-refractivity contribution in [2.24, 2.45) is 5.73 Å². The smallest absolute Gasteiger partial charge is 0.146 e. The summed E-state index contributed by atoms with van der Waals surface area (Å²) in [4.78, 5) is 0. The molecule has 1 atom stereocenters. The van der Waals surface area contributed by atoms with E-state index in [9.17, 15) is 0 Å². The molecule has 2 aromatic carbocycles. The molecule has 0 aliphatic heterocycles. The first-order valence-electron chi connectivity index (χ1n) is 6.91. The average molecular weight is 369 g/mol. The van der Waals surface area contributed by atoms with Gasteiger partial charge in [-0.3, -0.25) is 0 Å². The van der Waals surface area contributed by atoms with Gasteiger partial charge in [-0.25, -0.2) is 0 Å². The second kappa shape index (κ2) is 6.82. The molecule has 0 unspecified atom stereocenters. The largest absolute Gasteiger partial charge is 0.456 e. The second-order valence-corrected chi connectivity index (χ2v) is 6.74. The van der Waals surface area contributed by atoms with E-state index >= 15 is 0 Å². The molecule has 0 fully saturated rings. The number of halogens is 2. The van der Waals surface area contributed by atoms with Gasteiger partial charge in [0.2, 0.25) is 0 Å². The van der Waals surface area contributed by atoms with Crippen molar-refractivity contribution in [3.63, 3.8) is 0 Å². The summed E-state index contributed by atoms with van der Waals surface area (Å²) in [6.07, 6.45) is 0. The summed E-state index contributed by atoms with van der Waals surface area (Å²) in [6.45, 7) is 6.20. The molecule has 112 valence electrons. The minimum atomic E-state index is -0.0459. The van der Waals surface area contributed by atoms with Crippen LogP contribution >= 0.6 is 27.5 Å². The molecular formula is C17H19BrClNO. The van der Waals surface area contributed by atoms with Crippen molar-refractivity contribution >= 4 is 27.5 Å². The van der Waals surface area contributed by atoms with Gasteiger partial charge in [0.05, 0.1) is 5.02 Å². The summed E-state index contributed by atoms with van der Waals surface area (Å²) in [6, 6.07) is 11.6. The van der Waals surface area contributed by atoms with E-state index in [4.69, 9.17) is 22.1 Å². The van der Waals surface area contributed by atoms with Crippen molar-refractivity contribution in [2.75, 3.05) is 0 Å². The monoisotopic (exact) mass is 367 g/mol. The molecular weight excluding hydrogens is 350 g/mol. The Bertz CT molecular complexity index is 641. The SMILES string of the molecule is CC(C)c1cc(Br)ccc1Oc1ccc([C@H](C)N)cc1Cl. The third-order valence-electron chi connectivity index (χ3n) is 3.30. The first-order valence-corrected chi connectivity index (χ1v) is 8.08. The van der Waals surface area contributed by atoms with Crippen LogP contribution in [0.4, 0.5) is 0 Å². The van der Waals surface area contributed by atoms with Gasteiger partial charge in [-0.1, -0.05) is 47.4 Å². The van der Waals surface area contributed by atoms with Gasteiger partial charge in [-0.2, -0.15) is 0 Å². The molecule has 0 spiro atoms. The molecule has 0 aliphatic rings. The Morgan fingerprint density at radius 1 is 1.05 bits per heavy atom. The number of hydrogen-bond acceptors (Lipinski definition) is 2. The third-order valence-corrected chi connectivity index (χ3v) is 4.08. The maximum atomic E-state index is 6.30. The lowest BCUT2D eigenvalue weighted by Crippen LogP contribution is -2.04. The maximum Gasteiger partial charge on any atom is 0.146 e. The molecule has 0 aromatic heterocycles. The van der Waals surface area contributed by atoms with Crippen molar-refractivity contribution in [2.45, 2.75) is 32.7 Å². The Kier molecular flexibility index (Phi) is 5.31. The normalized spacial score (nSPS) is 12.5.